The number of fused-ring (bicyclic) bond motifs is 2. The van der Waals surface area contributed by atoms with E-state index in [9.17, 15) is 14.7 Å². The van der Waals surface area contributed by atoms with Gasteiger partial charge < -0.3 is 24.4 Å². The van der Waals surface area contributed by atoms with Gasteiger partial charge in [0.05, 0.1) is 24.8 Å². The summed E-state index contributed by atoms with van der Waals surface area (Å²) in [4.78, 5) is 30.6. The predicted octanol–water partition coefficient (Wildman–Crippen LogP) is 2.58. The molecule has 1 atom stereocenters. The fourth-order valence-electron chi connectivity index (χ4n) is 5.55. The minimum Gasteiger partial charge on any atom is -0.493 e. The number of hydrogen-bond donors (Lipinski definition) is 1. The summed E-state index contributed by atoms with van der Waals surface area (Å²) in [6.45, 7) is 7.09. The molecule has 2 amide bonds. The van der Waals surface area contributed by atoms with Gasteiger partial charge in [0.15, 0.2) is 0 Å². The van der Waals surface area contributed by atoms with Gasteiger partial charge >= 0.3 is 0 Å². The fourth-order valence-corrected chi connectivity index (χ4v) is 5.55. The summed E-state index contributed by atoms with van der Waals surface area (Å²) in [6.07, 6.45) is 2.21. The molecule has 8 nitrogen and oxygen atoms in total. The van der Waals surface area contributed by atoms with Crippen LogP contribution in [0.1, 0.15) is 41.3 Å². The van der Waals surface area contributed by atoms with Gasteiger partial charge in [-0.2, -0.15) is 0 Å². The molecular formula is C29H37N3O5. The number of amides is 2. The van der Waals surface area contributed by atoms with Crippen molar-refractivity contribution in [3.05, 3.63) is 59.2 Å². The van der Waals surface area contributed by atoms with Crippen LogP contribution in [0.15, 0.2) is 42.5 Å². The van der Waals surface area contributed by atoms with Crippen molar-refractivity contribution in [1.29, 1.82) is 0 Å². The number of ether oxygens (including phenoxy) is 2. The molecule has 0 bridgehead atoms. The molecule has 2 aromatic rings. The molecule has 1 saturated heterocycles. The van der Waals surface area contributed by atoms with Gasteiger partial charge in [0.1, 0.15) is 18.1 Å². The Kier molecular flexibility index (Phi) is 7.96. The Bertz CT molecular complexity index is 1110. The monoisotopic (exact) mass is 507 g/mol. The largest absolute Gasteiger partial charge is 0.493 e. The highest BCUT2D eigenvalue weighted by Gasteiger charge is 2.27. The van der Waals surface area contributed by atoms with Crippen molar-refractivity contribution in [2.45, 2.75) is 38.8 Å². The molecular weight excluding hydrogens is 470 g/mol. The first-order valence-corrected chi connectivity index (χ1v) is 13.4. The van der Waals surface area contributed by atoms with E-state index in [0.717, 1.165) is 45.4 Å². The number of β-amino-alcohol motifs (C(OH)–C–C–N with tert-alkyl or cyclic N) is 1. The summed E-state index contributed by atoms with van der Waals surface area (Å²) < 4.78 is 11.9. The number of aliphatic hydroxyl groups excluding tert-OH is 1. The van der Waals surface area contributed by atoms with Gasteiger partial charge in [0.2, 0.25) is 5.91 Å². The highest BCUT2D eigenvalue weighted by atomic mass is 16.5. The van der Waals surface area contributed by atoms with E-state index in [0.29, 0.717) is 49.3 Å². The van der Waals surface area contributed by atoms with Gasteiger partial charge in [0.25, 0.3) is 5.91 Å². The lowest BCUT2D eigenvalue weighted by Gasteiger charge is -2.32. The third-order valence-corrected chi connectivity index (χ3v) is 7.74. The maximum atomic E-state index is 13.3. The Morgan fingerprint density at radius 2 is 1.86 bits per heavy atom. The van der Waals surface area contributed by atoms with Crippen LogP contribution >= 0.6 is 0 Å². The van der Waals surface area contributed by atoms with Gasteiger partial charge in [-0.25, -0.2) is 0 Å². The van der Waals surface area contributed by atoms with E-state index in [2.05, 4.69) is 29.2 Å². The Labute approximate surface area is 218 Å². The van der Waals surface area contributed by atoms with Crippen LogP contribution in [0.3, 0.4) is 0 Å². The van der Waals surface area contributed by atoms with Crippen molar-refractivity contribution < 1.29 is 24.2 Å². The second-order valence-corrected chi connectivity index (χ2v) is 10.4. The SMILES string of the molecule is CC(=O)N1CCC(COc2ccc3c(c2)OCCN(C[C@H](O)CN2CCc4ccccc4C2)C3=O)CC1. The maximum absolute atomic E-state index is 13.3. The van der Waals surface area contributed by atoms with E-state index in [4.69, 9.17) is 9.47 Å². The molecule has 8 heteroatoms. The average Bonchev–Trinajstić information content (AvgIpc) is 3.05. The van der Waals surface area contributed by atoms with E-state index >= 15 is 0 Å². The van der Waals surface area contributed by atoms with Gasteiger partial charge in [-0.3, -0.25) is 14.5 Å². The zero-order valence-electron chi connectivity index (χ0n) is 21.6. The molecule has 37 heavy (non-hydrogen) atoms. The van der Waals surface area contributed by atoms with Crippen LogP contribution in [0, 0.1) is 5.92 Å². The summed E-state index contributed by atoms with van der Waals surface area (Å²) in [5.74, 6) is 1.62. The highest BCUT2D eigenvalue weighted by molar-refractivity contribution is 5.97. The highest BCUT2D eigenvalue weighted by Crippen LogP contribution is 2.29. The summed E-state index contributed by atoms with van der Waals surface area (Å²) in [5, 5.41) is 10.8. The second kappa shape index (κ2) is 11.5. The van der Waals surface area contributed by atoms with Crippen LogP contribution in [0.4, 0.5) is 0 Å². The lowest BCUT2D eigenvalue weighted by Crippen LogP contribution is -2.44. The van der Waals surface area contributed by atoms with E-state index in [-0.39, 0.29) is 18.4 Å². The first-order chi connectivity index (χ1) is 18.0. The molecule has 3 aliphatic rings. The molecule has 0 aliphatic carbocycles. The number of piperidine rings is 1. The van der Waals surface area contributed by atoms with E-state index in [1.807, 2.05) is 11.0 Å². The van der Waals surface area contributed by atoms with Crippen LogP contribution in [0.2, 0.25) is 0 Å². The molecule has 198 valence electrons. The van der Waals surface area contributed by atoms with E-state index in [1.54, 1.807) is 24.0 Å². The first-order valence-electron chi connectivity index (χ1n) is 13.4. The number of carbonyl (C=O) groups is 2. The van der Waals surface area contributed by atoms with Crippen molar-refractivity contribution in [3.63, 3.8) is 0 Å². The average molecular weight is 508 g/mol. The number of nitrogens with zero attached hydrogens (tertiary/aromatic N) is 3. The quantitative estimate of drug-likeness (QED) is 0.621. The van der Waals surface area contributed by atoms with Gasteiger partial charge in [-0.05, 0) is 48.4 Å². The van der Waals surface area contributed by atoms with Crippen molar-refractivity contribution in [1.82, 2.24) is 14.7 Å². The van der Waals surface area contributed by atoms with Gasteiger partial charge in [0, 0.05) is 52.3 Å². The Hall–Kier alpha value is -3.10. The van der Waals surface area contributed by atoms with Gasteiger partial charge in [-0.1, -0.05) is 24.3 Å². The zero-order chi connectivity index (χ0) is 25.8. The van der Waals surface area contributed by atoms with Crippen LogP contribution in [0.5, 0.6) is 11.5 Å². The maximum Gasteiger partial charge on any atom is 0.257 e. The molecule has 0 unspecified atom stereocenters. The summed E-state index contributed by atoms with van der Waals surface area (Å²) >= 11 is 0. The minimum absolute atomic E-state index is 0.126. The lowest BCUT2D eigenvalue weighted by atomic mass is 9.98. The number of benzene rings is 2. The molecule has 1 fully saturated rings. The van der Waals surface area contributed by atoms with Crippen molar-refractivity contribution in [2.75, 3.05) is 52.5 Å². The van der Waals surface area contributed by atoms with Gasteiger partial charge in [-0.15, -0.1) is 0 Å². The summed E-state index contributed by atoms with van der Waals surface area (Å²) in [7, 11) is 0. The number of likely N-dealkylation sites (tertiary alicyclic amines) is 1. The van der Waals surface area contributed by atoms with Crippen LogP contribution in [-0.2, 0) is 17.8 Å². The molecule has 1 N–H and O–H groups in total. The molecule has 0 saturated carbocycles. The Balaban J connectivity index is 1.14. The minimum atomic E-state index is -0.632. The van der Waals surface area contributed by atoms with Crippen LogP contribution in [-0.4, -0.2) is 90.2 Å². The molecule has 0 aromatic heterocycles. The van der Waals surface area contributed by atoms with Crippen molar-refractivity contribution in [2.24, 2.45) is 5.92 Å². The van der Waals surface area contributed by atoms with Crippen LogP contribution in [0.25, 0.3) is 0 Å². The second-order valence-electron chi connectivity index (χ2n) is 10.4. The molecule has 0 radical (unpaired) electrons. The van der Waals surface area contributed by atoms with E-state index < -0.39 is 6.10 Å². The van der Waals surface area contributed by atoms with Crippen molar-refractivity contribution >= 4 is 11.8 Å². The normalized spacial score (nSPS) is 19.5. The summed E-state index contributed by atoms with van der Waals surface area (Å²) in [6, 6.07) is 13.8. The number of carbonyl (C=O) groups excluding carboxylic acids is 2. The fraction of sp³-hybridized carbons (Fsp3) is 0.517. The number of aliphatic hydroxyl groups is 1. The smallest absolute Gasteiger partial charge is 0.257 e. The predicted molar refractivity (Wildman–Crippen MR) is 140 cm³/mol. The molecule has 0 spiro atoms. The number of hydrogen-bond acceptors (Lipinski definition) is 6. The molecule has 2 aromatic carbocycles. The molecule has 3 heterocycles. The topological polar surface area (TPSA) is 82.6 Å². The number of rotatable bonds is 7. The molecule has 5 rings (SSSR count). The first kappa shape index (κ1) is 25.5. The lowest BCUT2D eigenvalue weighted by molar-refractivity contribution is -0.130. The van der Waals surface area contributed by atoms with Crippen LogP contribution < -0.4 is 9.47 Å². The Morgan fingerprint density at radius 1 is 1.08 bits per heavy atom. The molecule has 3 aliphatic heterocycles. The third-order valence-electron chi connectivity index (χ3n) is 7.74. The Morgan fingerprint density at radius 3 is 2.65 bits per heavy atom. The van der Waals surface area contributed by atoms with E-state index in [1.165, 1.54) is 11.1 Å². The van der Waals surface area contributed by atoms with Crippen molar-refractivity contribution in [3.8, 4) is 11.5 Å². The third kappa shape index (κ3) is 6.25. The summed E-state index contributed by atoms with van der Waals surface area (Å²) in [5.41, 5.74) is 3.19. The zero-order valence-corrected chi connectivity index (χ0v) is 21.6. The standard InChI is InChI=1S/C29H37N3O5/c1-21(33)31-12-8-22(9-13-31)20-37-26-6-7-27-28(16-26)36-15-14-32(29(27)35)19-25(34)18-30-11-10-23-4-2-3-5-24(23)17-30/h2-7,16,22,25,34H,8-15,17-20H2,1H3/t25-/m1/s1.